The van der Waals surface area contributed by atoms with Crippen LogP contribution in [-0.2, 0) is 0 Å². The average Bonchev–Trinajstić information content (AvgIpc) is 2.14. The summed E-state index contributed by atoms with van der Waals surface area (Å²) in [4.78, 5) is 0.197. The van der Waals surface area contributed by atoms with Gasteiger partial charge in [-0.05, 0) is 34.1 Å². The van der Waals surface area contributed by atoms with E-state index in [1.165, 1.54) is 6.07 Å². The first-order valence-electron chi connectivity index (χ1n) is 4.19. The van der Waals surface area contributed by atoms with Crippen molar-refractivity contribution in [3.8, 4) is 0 Å². The predicted molar refractivity (Wildman–Crippen MR) is 64.6 cm³/mol. The van der Waals surface area contributed by atoms with Crippen LogP contribution in [0.2, 0.25) is 0 Å². The van der Waals surface area contributed by atoms with Gasteiger partial charge in [0.05, 0.1) is 0 Å². The van der Waals surface area contributed by atoms with Crippen LogP contribution in [0.4, 0.5) is 18.9 Å². The van der Waals surface area contributed by atoms with Crippen molar-refractivity contribution in [3.63, 3.8) is 0 Å². The second-order valence-corrected chi connectivity index (χ2v) is 4.32. The molecule has 7 heteroatoms. The number of thiocarbonyl (C=S) groups is 1. The van der Waals surface area contributed by atoms with Crippen LogP contribution < -0.4 is 11.1 Å². The minimum Gasteiger partial charge on any atom is -0.389 e. The van der Waals surface area contributed by atoms with Gasteiger partial charge in [-0.25, -0.2) is 0 Å². The predicted octanol–water partition coefficient (Wildman–Crippen LogP) is 3.06. The fourth-order valence-corrected chi connectivity index (χ4v) is 1.65. The van der Waals surface area contributed by atoms with Crippen molar-refractivity contribution in [1.29, 1.82) is 0 Å². The highest BCUT2D eigenvalue weighted by molar-refractivity contribution is 9.10. The molecule has 0 unspecified atom stereocenters. The Balaban J connectivity index is 2.80. The van der Waals surface area contributed by atoms with E-state index in [1.807, 2.05) is 0 Å². The Kier molecular flexibility index (Phi) is 4.15. The Morgan fingerprint density at radius 1 is 1.44 bits per heavy atom. The molecule has 0 aliphatic heterocycles. The second-order valence-electron chi connectivity index (χ2n) is 3.03. The molecule has 88 valence electrons. The molecular formula is C9H8BrF3N2S. The van der Waals surface area contributed by atoms with Crippen LogP contribution in [0.1, 0.15) is 5.56 Å². The van der Waals surface area contributed by atoms with Crippen LogP contribution >= 0.6 is 28.1 Å². The third-order valence-electron chi connectivity index (χ3n) is 1.73. The van der Waals surface area contributed by atoms with E-state index >= 15 is 0 Å². The van der Waals surface area contributed by atoms with E-state index in [0.29, 0.717) is 15.7 Å². The van der Waals surface area contributed by atoms with Gasteiger partial charge in [-0.1, -0.05) is 12.2 Å². The molecule has 2 nitrogen and oxygen atoms in total. The molecule has 0 atom stereocenters. The van der Waals surface area contributed by atoms with E-state index in [4.69, 9.17) is 18.0 Å². The van der Waals surface area contributed by atoms with Gasteiger partial charge in [-0.2, -0.15) is 13.2 Å². The van der Waals surface area contributed by atoms with Crippen molar-refractivity contribution < 1.29 is 13.2 Å². The molecule has 0 aliphatic rings. The lowest BCUT2D eigenvalue weighted by Gasteiger charge is -2.11. The largest absolute Gasteiger partial charge is 0.405 e. The van der Waals surface area contributed by atoms with Crippen molar-refractivity contribution in [2.24, 2.45) is 5.73 Å². The molecule has 0 saturated heterocycles. The quantitative estimate of drug-likeness (QED) is 0.842. The molecule has 0 aromatic heterocycles. The van der Waals surface area contributed by atoms with Gasteiger partial charge in [-0.3, -0.25) is 0 Å². The summed E-state index contributed by atoms with van der Waals surface area (Å²) in [5.74, 6) is 0. The summed E-state index contributed by atoms with van der Waals surface area (Å²) in [6.45, 7) is -1.09. The summed E-state index contributed by atoms with van der Waals surface area (Å²) in [5, 5.41) is 2.26. The highest BCUT2D eigenvalue weighted by Gasteiger charge is 2.26. The van der Waals surface area contributed by atoms with E-state index in [-0.39, 0.29) is 4.99 Å². The Morgan fingerprint density at radius 2 is 2.06 bits per heavy atom. The zero-order valence-corrected chi connectivity index (χ0v) is 10.3. The number of rotatable bonds is 3. The van der Waals surface area contributed by atoms with E-state index in [1.54, 1.807) is 12.1 Å². The van der Waals surface area contributed by atoms with Crippen LogP contribution in [0, 0.1) is 0 Å². The average molecular weight is 313 g/mol. The smallest absolute Gasteiger partial charge is 0.389 e. The Bertz CT molecular complexity index is 406. The van der Waals surface area contributed by atoms with Gasteiger partial charge >= 0.3 is 6.18 Å². The van der Waals surface area contributed by atoms with Gasteiger partial charge in [-0.15, -0.1) is 0 Å². The number of alkyl halides is 3. The summed E-state index contributed by atoms with van der Waals surface area (Å²) in [6.07, 6.45) is -4.25. The first-order valence-corrected chi connectivity index (χ1v) is 5.40. The number of nitrogens with two attached hydrogens (primary N) is 1. The van der Waals surface area contributed by atoms with E-state index < -0.39 is 12.7 Å². The normalized spacial score (nSPS) is 11.2. The molecule has 16 heavy (non-hydrogen) atoms. The lowest BCUT2D eigenvalue weighted by atomic mass is 10.2. The molecule has 1 aromatic rings. The van der Waals surface area contributed by atoms with Crippen LogP contribution in [0.3, 0.4) is 0 Å². The van der Waals surface area contributed by atoms with Crippen LogP contribution in [0.15, 0.2) is 22.7 Å². The Labute approximate surface area is 104 Å². The maximum absolute atomic E-state index is 12.0. The molecule has 0 spiro atoms. The Morgan fingerprint density at radius 3 is 2.50 bits per heavy atom. The third-order valence-corrected chi connectivity index (χ3v) is 2.62. The number of anilines is 1. The minimum atomic E-state index is -4.25. The number of hydrogen-bond donors (Lipinski definition) is 2. The number of benzene rings is 1. The van der Waals surface area contributed by atoms with Gasteiger partial charge in [0.15, 0.2) is 0 Å². The summed E-state index contributed by atoms with van der Waals surface area (Å²) >= 11 is 7.88. The SMILES string of the molecule is NC(=S)c1ccc(NCC(F)(F)F)c(Br)c1. The first-order chi connectivity index (χ1) is 7.29. The molecule has 0 saturated carbocycles. The standard InChI is InChI=1S/C9H8BrF3N2S/c10-6-3-5(8(14)16)1-2-7(6)15-4-9(11,12)13/h1-3,15H,4H2,(H2,14,16). The fraction of sp³-hybridized carbons (Fsp3) is 0.222. The monoisotopic (exact) mass is 312 g/mol. The van der Waals surface area contributed by atoms with Gasteiger partial charge in [0.2, 0.25) is 0 Å². The molecule has 3 N–H and O–H groups in total. The van der Waals surface area contributed by atoms with Gasteiger partial charge < -0.3 is 11.1 Å². The number of hydrogen-bond acceptors (Lipinski definition) is 2. The van der Waals surface area contributed by atoms with Crippen molar-refractivity contribution in [2.75, 3.05) is 11.9 Å². The lowest BCUT2D eigenvalue weighted by Crippen LogP contribution is -2.21. The maximum atomic E-state index is 12.0. The zero-order valence-electron chi connectivity index (χ0n) is 7.94. The molecule has 1 aromatic carbocycles. The molecule has 1 rings (SSSR count). The maximum Gasteiger partial charge on any atom is 0.405 e. The molecule has 0 aliphatic carbocycles. The first kappa shape index (κ1) is 13.2. The highest BCUT2D eigenvalue weighted by Crippen LogP contribution is 2.25. The van der Waals surface area contributed by atoms with E-state index in [2.05, 4.69) is 21.2 Å². The van der Waals surface area contributed by atoms with Crippen LogP contribution in [0.25, 0.3) is 0 Å². The Hall–Kier alpha value is -0.820. The van der Waals surface area contributed by atoms with Crippen molar-refractivity contribution in [2.45, 2.75) is 6.18 Å². The third kappa shape index (κ3) is 3.97. The molecular weight excluding hydrogens is 305 g/mol. The van der Waals surface area contributed by atoms with E-state index in [9.17, 15) is 13.2 Å². The molecule has 0 fully saturated rings. The summed E-state index contributed by atoms with van der Waals surface area (Å²) in [7, 11) is 0. The summed E-state index contributed by atoms with van der Waals surface area (Å²) < 4.78 is 36.4. The van der Waals surface area contributed by atoms with Crippen molar-refractivity contribution >= 4 is 38.8 Å². The lowest BCUT2D eigenvalue weighted by molar-refractivity contribution is -0.115. The molecule has 0 bridgehead atoms. The van der Waals surface area contributed by atoms with E-state index in [0.717, 1.165) is 0 Å². The van der Waals surface area contributed by atoms with Gasteiger partial charge in [0.25, 0.3) is 0 Å². The summed E-state index contributed by atoms with van der Waals surface area (Å²) in [5.41, 5.74) is 6.33. The van der Waals surface area contributed by atoms with Crippen LogP contribution in [0.5, 0.6) is 0 Å². The second kappa shape index (κ2) is 5.01. The van der Waals surface area contributed by atoms with Gasteiger partial charge in [0.1, 0.15) is 11.5 Å². The van der Waals surface area contributed by atoms with Gasteiger partial charge in [0, 0.05) is 15.7 Å². The van der Waals surface area contributed by atoms with Crippen LogP contribution in [-0.4, -0.2) is 17.7 Å². The number of halogens is 4. The highest BCUT2D eigenvalue weighted by atomic mass is 79.9. The van der Waals surface area contributed by atoms with Crippen molar-refractivity contribution in [1.82, 2.24) is 0 Å². The molecule has 0 amide bonds. The topological polar surface area (TPSA) is 38.0 Å². The fourth-order valence-electron chi connectivity index (χ4n) is 1.01. The van der Waals surface area contributed by atoms with Crippen molar-refractivity contribution in [3.05, 3.63) is 28.2 Å². The summed E-state index contributed by atoms with van der Waals surface area (Å²) in [6, 6.07) is 4.62. The molecule has 0 radical (unpaired) electrons. The number of nitrogens with one attached hydrogen (secondary N) is 1. The molecule has 0 heterocycles. The minimum absolute atomic E-state index is 0.197. The zero-order chi connectivity index (χ0) is 12.3.